The molecule has 0 saturated carbocycles. The van der Waals surface area contributed by atoms with Gasteiger partial charge in [-0.15, -0.1) is 5.10 Å². The molecule has 0 aliphatic rings. The Morgan fingerprint density at radius 3 is 2.42 bits per heavy atom. The lowest BCUT2D eigenvalue weighted by molar-refractivity contribution is 0.0601. The summed E-state index contributed by atoms with van der Waals surface area (Å²) in [6.07, 6.45) is 0.591. The van der Waals surface area contributed by atoms with Crippen molar-refractivity contribution in [3.05, 3.63) is 92.6 Å². The van der Waals surface area contributed by atoms with Crippen LogP contribution < -0.4 is 16.2 Å². The summed E-state index contributed by atoms with van der Waals surface area (Å²) in [7, 11) is 1.43. The van der Waals surface area contributed by atoms with E-state index in [4.69, 9.17) is 27.1 Å². The summed E-state index contributed by atoms with van der Waals surface area (Å²) in [6.45, 7) is 7.04. The van der Waals surface area contributed by atoms with Gasteiger partial charge in [-0.25, -0.2) is 9.78 Å². The molecule has 2 aromatic carbocycles. The largest absolute Gasteiger partial charge is 0.479 e. The van der Waals surface area contributed by atoms with Crippen LogP contribution in [-0.4, -0.2) is 50.2 Å². The molecule has 2 N–H and O–H groups in total. The Balaban J connectivity index is 1.95. The molecule has 0 aliphatic carbocycles. The molecule has 9 nitrogen and oxygen atoms in total. The number of halogens is 1. The summed E-state index contributed by atoms with van der Waals surface area (Å²) in [5.41, 5.74) is 8.14. The summed E-state index contributed by atoms with van der Waals surface area (Å²) < 4.78 is 7.98. The van der Waals surface area contributed by atoms with Crippen LogP contribution in [0.4, 0.5) is 0 Å². The Hall–Kier alpha value is -3.69. The third-order valence-corrected chi connectivity index (χ3v) is 6.79. The number of methoxy groups -OCH3 is 1. The molecule has 0 fully saturated rings. The van der Waals surface area contributed by atoms with Gasteiger partial charge in [-0.3, -0.25) is 9.36 Å². The SMILES string of the molecule is COc1nn2c(=O)n(Cc3ccccc3)c([C@@H](C(C)C)N(CCCN)C(=O)c3ccc(C)cc3)nc2c1Cl. The van der Waals surface area contributed by atoms with Gasteiger partial charge in [0, 0.05) is 12.1 Å². The molecule has 0 spiro atoms. The highest BCUT2D eigenvalue weighted by molar-refractivity contribution is 6.34. The van der Waals surface area contributed by atoms with Crippen molar-refractivity contribution in [2.24, 2.45) is 11.7 Å². The first-order valence-electron chi connectivity index (χ1n) is 12.6. The molecule has 38 heavy (non-hydrogen) atoms. The van der Waals surface area contributed by atoms with Crippen LogP contribution in [0.3, 0.4) is 0 Å². The molecular formula is C28H33ClN6O3. The molecule has 0 radical (unpaired) electrons. The summed E-state index contributed by atoms with van der Waals surface area (Å²) >= 11 is 6.52. The number of ether oxygens (including phenoxy) is 1. The zero-order chi connectivity index (χ0) is 27.4. The average Bonchev–Trinajstić information content (AvgIpc) is 3.24. The highest BCUT2D eigenvalue weighted by Crippen LogP contribution is 2.32. The minimum atomic E-state index is -0.547. The van der Waals surface area contributed by atoms with Crippen molar-refractivity contribution in [1.82, 2.24) is 24.1 Å². The molecule has 200 valence electrons. The predicted molar refractivity (Wildman–Crippen MR) is 148 cm³/mol. The van der Waals surface area contributed by atoms with Crippen molar-refractivity contribution in [2.75, 3.05) is 20.2 Å². The standard InChI is InChI=1S/C28H33ClN6O3/c1-18(2)23(33(16-8-15-30)27(36)21-13-11-19(3)12-14-21)25-31-24-22(29)26(38-4)32-35(24)28(37)34(25)17-20-9-6-5-7-10-20/h5-7,9-14,18,23H,8,15-17,30H2,1-4H3/t23-/m1/s1. The number of nitrogens with zero attached hydrogens (tertiary/aromatic N) is 5. The number of aryl methyl sites for hydroxylation is 1. The van der Waals surface area contributed by atoms with Crippen LogP contribution in [0.15, 0.2) is 59.4 Å². The quantitative estimate of drug-likeness (QED) is 0.327. The first-order valence-corrected chi connectivity index (χ1v) is 13.0. The Morgan fingerprint density at radius 1 is 1.13 bits per heavy atom. The number of hydrogen-bond donors (Lipinski definition) is 1. The van der Waals surface area contributed by atoms with E-state index in [0.29, 0.717) is 30.9 Å². The molecule has 2 aromatic heterocycles. The van der Waals surface area contributed by atoms with Crippen LogP contribution in [0.1, 0.15) is 53.6 Å². The van der Waals surface area contributed by atoms with Crippen molar-refractivity contribution in [3.8, 4) is 5.88 Å². The first kappa shape index (κ1) is 27.3. The van der Waals surface area contributed by atoms with E-state index in [0.717, 1.165) is 15.6 Å². The maximum atomic E-state index is 13.9. The maximum absolute atomic E-state index is 13.9. The Labute approximate surface area is 226 Å². The molecule has 1 amide bonds. The topological polar surface area (TPSA) is 108 Å². The molecule has 2 heterocycles. The van der Waals surface area contributed by atoms with E-state index in [9.17, 15) is 9.59 Å². The van der Waals surface area contributed by atoms with E-state index < -0.39 is 11.7 Å². The molecule has 0 saturated heterocycles. The van der Waals surface area contributed by atoms with E-state index in [1.807, 2.05) is 75.4 Å². The lowest BCUT2D eigenvalue weighted by Gasteiger charge is -2.35. The summed E-state index contributed by atoms with van der Waals surface area (Å²) in [4.78, 5) is 34.4. The van der Waals surface area contributed by atoms with Crippen molar-refractivity contribution < 1.29 is 9.53 Å². The van der Waals surface area contributed by atoms with E-state index in [-0.39, 0.29) is 34.9 Å². The number of nitrogens with two attached hydrogens (primary N) is 1. The highest BCUT2D eigenvalue weighted by atomic mass is 35.5. The van der Waals surface area contributed by atoms with Gasteiger partial charge in [-0.05, 0) is 43.5 Å². The molecule has 10 heteroatoms. The van der Waals surface area contributed by atoms with Gasteiger partial charge in [0.1, 0.15) is 10.8 Å². The Morgan fingerprint density at radius 2 is 1.82 bits per heavy atom. The van der Waals surface area contributed by atoms with Crippen LogP contribution in [-0.2, 0) is 6.54 Å². The number of aromatic nitrogens is 4. The van der Waals surface area contributed by atoms with Gasteiger partial charge in [0.25, 0.3) is 11.8 Å². The number of fused-ring (bicyclic) bond motifs is 1. The Kier molecular flexibility index (Phi) is 8.48. The van der Waals surface area contributed by atoms with Crippen LogP contribution in [0.2, 0.25) is 5.02 Å². The second-order valence-electron chi connectivity index (χ2n) is 9.58. The monoisotopic (exact) mass is 536 g/mol. The van der Waals surface area contributed by atoms with Crippen molar-refractivity contribution in [2.45, 2.75) is 39.8 Å². The smallest absolute Gasteiger partial charge is 0.352 e. The third kappa shape index (κ3) is 5.44. The molecule has 0 aliphatic heterocycles. The minimum absolute atomic E-state index is 0.0952. The second kappa shape index (κ2) is 11.8. The minimum Gasteiger partial charge on any atom is -0.479 e. The lowest BCUT2D eigenvalue weighted by Crippen LogP contribution is -2.43. The number of hydrogen-bond acceptors (Lipinski definition) is 6. The van der Waals surface area contributed by atoms with Crippen molar-refractivity contribution in [3.63, 3.8) is 0 Å². The van der Waals surface area contributed by atoms with Crippen molar-refractivity contribution >= 4 is 23.2 Å². The third-order valence-electron chi connectivity index (χ3n) is 6.46. The van der Waals surface area contributed by atoms with Crippen LogP contribution in [0.5, 0.6) is 5.88 Å². The van der Waals surface area contributed by atoms with Crippen molar-refractivity contribution in [1.29, 1.82) is 0 Å². The highest BCUT2D eigenvalue weighted by Gasteiger charge is 2.33. The summed E-state index contributed by atoms with van der Waals surface area (Å²) in [6, 6.07) is 16.5. The predicted octanol–water partition coefficient (Wildman–Crippen LogP) is 4.10. The van der Waals surface area contributed by atoms with Crippen LogP contribution in [0, 0.1) is 12.8 Å². The summed E-state index contributed by atoms with van der Waals surface area (Å²) in [5.74, 6) is 0.275. The van der Waals surface area contributed by atoms with Gasteiger partial charge in [0.2, 0.25) is 0 Å². The molecule has 4 aromatic rings. The van der Waals surface area contributed by atoms with Crippen LogP contribution in [0.25, 0.3) is 5.65 Å². The maximum Gasteiger partial charge on any atom is 0.352 e. The number of benzene rings is 2. The molecule has 0 bridgehead atoms. The number of amides is 1. The Bertz CT molecular complexity index is 1460. The first-order chi connectivity index (χ1) is 18.3. The number of carbonyl (C=O) groups excluding carboxylic acids is 1. The van der Waals surface area contributed by atoms with Gasteiger partial charge in [0.15, 0.2) is 5.65 Å². The van der Waals surface area contributed by atoms with Gasteiger partial charge in [-0.1, -0.05) is 73.5 Å². The van der Waals surface area contributed by atoms with E-state index in [2.05, 4.69) is 5.10 Å². The zero-order valence-electron chi connectivity index (χ0n) is 22.1. The zero-order valence-corrected chi connectivity index (χ0v) is 22.9. The molecule has 1 atom stereocenters. The fraction of sp³-hybridized carbons (Fsp3) is 0.357. The molecule has 4 rings (SSSR count). The fourth-order valence-corrected chi connectivity index (χ4v) is 4.78. The number of carbonyl (C=O) groups is 1. The van der Waals surface area contributed by atoms with Gasteiger partial charge >= 0.3 is 5.69 Å². The number of rotatable bonds is 10. The van der Waals surface area contributed by atoms with E-state index >= 15 is 0 Å². The van der Waals surface area contributed by atoms with Gasteiger partial charge in [-0.2, -0.15) is 4.52 Å². The van der Waals surface area contributed by atoms with Gasteiger partial charge < -0.3 is 15.4 Å². The molecule has 0 unspecified atom stereocenters. The van der Waals surface area contributed by atoms with Gasteiger partial charge in [0.05, 0.1) is 19.7 Å². The van der Waals surface area contributed by atoms with E-state index in [1.54, 1.807) is 9.47 Å². The normalized spacial score (nSPS) is 12.2. The average molecular weight is 537 g/mol. The fourth-order valence-electron chi connectivity index (χ4n) is 4.54. The lowest BCUT2D eigenvalue weighted by atomic mass is 9.99. The molecular weight excluding hydrogens is 504 g/mol. The summed E-state index contributed by atoms with van der Waals surface area (Å²) in [5, 5.41) is 4.37. The second-order valence-corrected chi connectivity index (χ2v) is 9.96. The van der Waals surface area contributed by atoms with Crippen LogP contribution >= 0.6 is 11.6 Å². The van der Waals surface area contributed by atoms with E-state index in [1.165, 1.54) is 7.11 Å².